The second kappa shape index (κ2) is 5.61. The van der Waals surface area contributed by atoms with Gasteiger partial charge in [0.05, 0.1) is 4.90 Å². The minimum atomic E-state index is -3.61. The van der Waals surface area contributed by atoms with E-state index in [1.54, 1.807) is 12.1 Å². The van der Waals surface area contributed by atoms with E-state index in [0.717, 1.165) is 18.1 Å². The number of hydrogen-bond acceptors (Lipinski definition) is 3. The van der Waals surface area contributed by atoms with Gasteiger partial charge in [-0.1, -0.05) is 18.0 Å². The molecule has 3 rings (SSSR count). The molecule has 0 aliphatic heterocycles. The third-order valence-corrected chi connectivity index (χ3v) is 6.22. The van der Waals surface area contributed by atoms with E-state index in [1.807, 2.05) is 6.92 Å². The molecule has 6 heteroatoms. The van der Waals surface area contributed by atoms with Crippen molar-refractivity contribution >= 4 is 27.3 Å². The van der Waals surface area contributed by atoms with Gasteiger partial charge < -0.3 is 0 Å². The fourth-order valence-electron chi connectivity index (χ4n) is 3.64. The molecule has 2 aliphatic rings. The molecule has 1 aromatic rings. The molecule has 4 nitrogen and oxygen atoms in total. The summed E-state index contributed by atoms with van der Waals surface area (Å²) in [6, 6.07) is 6.07. The zero-order chi connectivity index (χ0) is 15.0. The number of fused-ring (bicyclic) bond motifs is 2. The van der Waals surface area contributed by atoms with Gasteiger partial charge in [0.25, 0.3) is 10.0 Å². The van der Waals surface area contributed by atoms with Crippen LogP contribution in [0.1, 0.15) is 32.6 Å². The molecule has 3 atom stereocenters. The molecule has 0 unspecified atom stereocenters. The SMILES string of the molecule is C/C(=N\NS(=O)(=O)c1ccc(Cl)cc1)[C@H]1C[C@@H]2CC[C@H]1C2. The number of sulfonamides is 1. The molecule has 1 aromatic carbocycles. The van der Waals surface area contributed by atoms with E-state index >= 15 is 0 Å². The summed E-state index contributed by atoms with van der Waals surface area (Å²) < 4.78 is 24.3. The molecule has 0 saturated heterocycles. The predicted molar refractivity (Wildman–Crippen MR) is 83.8 cm³/mol. The van der Waals surface area contributed by atoms with E-state index in [1.165, 1.54) is 31.4 Å². The zero-order valence-corrected chi connectivity index (χ0v) is 13.5. The molecule has 2 bridgehead atoms. The Morgan fingerprint density at radius 1 is 1.24 bits per heavy atom. The highest BCUT2D eigenvalue weighted by Gasteiger charge is 2.40. The first-order valence-corrected chi connectivity index (χ1v) is 9.13. The third kappa shape index (κ3) is 3.09. The van der Waals surface area contributed by atoms with E-state index < -0.39 is 10.0 Å². The van der Waals surface area contributed by atoms with Crippen LogP contribution in [0.15, 0.2) is 34.3 Å². The summed E-state index contributed by atoms with van der Waals surface area (Å²) in [6.45, 7) is 1.93. The summed E-state index contributed by atoms with van der Waals surface area (Å²) >= 11 is 5.77. The Balaban J connectivity index is 1.71. The molecule has 2 fully saturated rings. The largest absolute Gasteiger partial charge is 0.276 e. The van der Waals surface area contributed by atoms with Gasteiger partial charge in [-0.05, 0) is 62.3 Å². The van der Waals surface area contributed by atoms with Gasteiger partial charge in [0, 0.05) is 16.7 Å². The first kappa shape index (κ1) is 14.9. The topological polar surface area (TPSA) is 58.5 Å². The number of nitrogens with one attached hydrogen (secondary N) is 1. The Morgan fingerprint density at radius 2 is 1.95 bits per heavy atom. The number of hydrazone groups is 1. The van der Waals surface area contributed by atoms with E-state index in [4.69, 9.17) is 11.6 Å². The summed E-state index contributed by atoms with van der Waals surface area (Å²) in [7, 11) is -3.61. The van der Waals surface area contributed by atoms with Crippen molar-refractivity contribution < 1.29 is 8.42 Å². The van der Waals surface area contributed by atoms with Crippen LogP contribution in [-0.4, -0.2) is 14.1 Å². The van der Waals surface area contributed by atoms with Crippen LogP contribution in [0.2, 0.25) is 5.02 Å². The minimum absolute atomic E-state index is 0.177. The first-order valence-electron chi connectivity index (χ1n) is 7.27. The van der Waals surface area contributed by atoms with Crippen LogP contribution in [0.25, 0.3) is 0 Å². The maximum absolute atomic E-state index is 12.2. The highest BCUT2D eigenvalue weighted by Crippen LogP contribution is 2.48. The fraction of sp³-hybridized carbons (Fsp3) is 0.533. The molecule has 0 amide bonds. The molecule has 1 N–H and O–H groups in total. The molecule has 0 radical (unpaired) electrons. The van der Waals surface area contributed by atoms with Gasteiger partial charge >= 0.3 is 0 Å². The lowest BCUT2D eigenvalue weighted by molar-refractivity contribution is 0.413. The van der Waals surface area contributed by atoms with Crippen LogP contribution in [0.4, 0.5) is 0 Å². The molecule has 2 saturated carbocycles. The van der Waals surface area contributed by atoms with Gasteiger partial charge in [-0.2, -0.15) is 13.5 Å². The van der Waals surface area contributed by atoms with Crippen molar-refractivity contribution in [1.29, 1.82) is 0 Å². The molecule has 0 spiro atoms. The predicted octanol–water partition coefficient (Wildman–Crippen LogP) is 3.43. The van der Waals surface area contributed by atoms with Gasteiger partial charge in [-0.15, -0.1) is 0 Å². The summed E-state index contributed by atoms with van der Waals surface area (Å²) in [4.78, 5) is 2.53. The van der Waals surface area contributed by atoms with Crippen LogP contribution in [0.5, 0.6) is 0 Å². The zero-order valence-electron chi connectivity index (χ0n) is 11.9. The Labute approximate surface area is 130 Å². The van der Waals surface area contributed by atoms with Crippen molar-refractivity contribution in [3.63, 3.8) is 0 Å². The second-order valence-electron chi connectivity index (χ2n) is 6.08. The van der Waals surface area contributed by atoms with Crippen molar-refractivity contribution in [2.45, 2.75) is 37.5 Å². The standard InChI is InChI=1S/C15H19ClN2O2S/c1-10(15-9-11-2-3-12(15)8-11)17-18-21(19,20)14-6-4-13(16)5-7-14/h4-7,11-12,15,18H,2-3,8-9H2,1H3/b17-10+/t11-,12+,15-/m1/s1. The quantitative estimate of drug-likeness (QED) is 0.680. The summed E-state index contributed by atoms with van der Waals surface area (Å²) in [5.41, 5.74) is 0.903. The summed E-state index contributed by atoms with van der Waals surface area (Å²) in [5, 5.41) is 4.65. The molecule has 0 aromatic heterocycles. The van der Waals surface area contributed by atoms with Crippen LogP contribution in [0, 0.1) is 17.8 Å². The minimum Gasteiger partial charge on any atom is -0.200 e. The van der Waals surface area contributed by atoms with E-state index in [2.05, 4.69) is 9.93 Å². The lowest BCUT2D eigenvalue weighted by atomic mass is 9.86. The van der Waals surface area contributed by atoms with E-state index in [0.29, 0.717) is 16.9 Å². The van der Waals surface area contributed by atoms with E-state index in [-0.39, 0.29) is 4.90 Å². The Hall–Kier alpha value is -1.07. The van der Waals surface area contributed by atoms with Crippen molar-refractivity contribution in [3.8, 4) is 0 Å². The maximum Gasteiger partial charge on any atom is 0.276 e. The van der Waals surface area contributed by atoms with Gasteiger partial charge in [0.15, 0.2) is 0 Å². The monoisotopic (exact) mass is 326 g/mol. The van der Waals surface area contributed by atoms with Gasteiger partial charge in [0.2, 0.25) is 0 Å². The average molecular weight is 327 g/mol. The van der Waals surface area contributed by atoms with Gasteiger partial charge in [0.1, 0.15) is 0 Å². The van der Waals surface area contributed by atoms with Crippen molar-refractivity contribution in [2.24, 2.45) is 22.9 Å². The first-order chi connectivity index (χ1) is 9.95. The second-order valence-corrected chi connectivity index (χ2v) is 8.18. The smallest absolute Gasteiger partial charge is 0.200 e. The Bertz CT molecular complexity index is 655. The lowest BCUT2D eigenvalue weighted by Crippen LogP contribution is -2.24. The Kier molecular flexibility index (Phi) is 3.97. The molecule has 21 heavy (non-hydrogen) atoms. The van der Waals surface area contributed by atoms with Crippen LogP contribution < -0.4 is 4.83 Å². The van der Waals surface area contributed by atoms with Gasteiger partial charge in [-0.3, -0.25) is 0 Å². The van der Waals surface area contributed by atoms with Crippen molar-refractivity contribution in [2.75, 3.05) is 0 Å². The number of halogens is 1. The maximum atomic E-state index is 12.2. The fourth-order valence-corrected chi connectivity index (χ4v) is 4.63. The highest BCUT2D eigenvalue weighted by atomic mass is 35.5. The normalized spacial score (nSPS) is 28.9. The van der Waals surface area contributed by atoms with Crippen LogP contribution >= 0.6 is 11.6 Å². The Morgan fingerprint density at radius 3 is 2.52 bits per heavy atom. The van der Waals surface area contributed by atoms with Crippen LogP contribution in [-0.2, 0) is 10.0 Å². The number of rotatable bonds is 4. The highest BCUT2D eigenvalue weighted by molar-refractivity contribution is 7.89. The molecular formula is C15H19ClN2O2S. The molecule has 0 heterocycles. The molecule has 2 aliphatic carbocycles. The lowest BCUT2D eigenvalue weighted by Gasteiger charge is -2.21. The number of benzene rings is 1. The molecular weight excluding hydrogens is 308 g/mol. The number of hydrogen-bond donors (Lipinski definition) is 1. The molecule has 114 valence electrons. The summed E-state index contributed by atoms with van der Waals surface area (Å²) in [5.74, 6) is 1.95. The van der Waals surface area contributed by atoms with Crippen molar-refractivity contribution in [3.05, 3.63) is 29.3 Å². The third-order valence-electron chi connectivity index (χ3n) is 4.74. The average Bonchev–Trinajstić information content (AvgIpc) is 3.08. The van der Waals surface area contributed by atoms with Crippen LogP contribution in [0.3, 0.4) is 0 Å². The number of nitrogens with zero attached hydrogens (tertiary/aromatic N) is 1. The van der Waals surface area contributed by atoms with Crippen molar-refractivity contribution in [1.82, 2.24) is 4.83 Å². The van der Waals surface area contributed by atoms with Gasteiger partial charge in [-0.25, -0.2) is 4.83 Å². The van der Waals surface area contributed by atoms with E-state index in [9.17, 15) is 8.42 Å². The summed E-state index contributed by atoms with van der Waals surface area (Å²) in [6.07, 6.45) is 5.02.